The van der Waals surface area contributed by atoms with Crippen LogP contribution < -0.4 is 9.47 Å². The van der Waals surface area contributed by atoms with Crippen LogP contribution in [0.3, 0.4) is 0 Å². The molecule has 1 saturated heterocycles. The molecule has 1 fully saturated rings. The second-order valence-corrected chi connectivity index (χ2v) is 5.91. The summed E-state index contributed by atoms with van der Waals surface area (Å²) in [5.74, 6) is 1.50. The second-order valence-electron chi connectivity index (χ2n) is 5.91. The van der Waals surface area contributed by atoms with Crippen LogP contribution in [0.25, 0.3) is 0 Å². The molecule has 0 N–H and O–H groups in total. The lowest BCUT2D eigenvalue weighted by Gasteiger charge is -2.31. The Bertz CT molecular complexity index is 581. The van der Waals surface area contributed by atoms with E-state index in [0.29, 0.717) is 18.5 Å². The summed E-state index contributed by atoms with van der Waals surface area (Å²) in [5.41, 5.74) is 1.33. The maximum absolute atomic E-state index is 5.67. The van der Waals surface area contributed by atoms with Crippen molar-refractivity contribution in [3.05, 3.63) is 48.3 Å². The first-order valence-corrected chi connectivity index (χ1v) is 8.08. The van der Waals surface area contributed by atoms with Gasteiger partial charge in [-0.05, 0) is 55.6 Å². The molecule has 0 saturated carbocycles. The van der Waals surface area contributed by atoms with Crippen LogP contribution in [0.5, 0.6) is 11.8 Å². The molecular formula is C18H23N3O2. The summed E-state index contributed by atoms with van der Waals surface area (Å²) >= 11 is 0. The number of ether oxygens (including phenoxy) is 2. The van der Waals surface area contributed by atoms with Crippen LogP contribution in [0, 0.1) is 5.92 Å². The summed E-state index contributed by atoms with van der Waals surface area (Å²) in [6.45, 7) is 3.92. The number of piperidine rings is 1. The van der Waals surface area contributed by atoms with Crippen LogP contribution >= 0.6 is 0 Å². The van der Waals surface area contributed by atoms with Crippen LogP contribution in [0.2, 0.25) is 0 Å². The highest BCUT2D eigenvalue weighted by molar-refractivity contribution is 5.27. The van der Waals surface area contributed by atoms with Gasteiger partial charge in [-0.2, -0.15) is 0 Å². The van der Waals surface area contributed by atoms with Gasteiger partial charge in [0.15, 0.2) is 0 Å². The summed E-state index contributed by atoms with van der Waals surface area (Å²) in [6.07, 6.45) is 5.73. The highest BCUT2D eigenvalue weighted by atomic mass is 16.5. The molecule has 23 heavy (non-hydrogen) atoms. The van der Waals surface area contributed by atoms with Gasteiger partial charge in [-0.15, -0.1) is 0 Å². The Labute approximate surface area is 137 Å². The summed E-state index contributed by atoms with van der Waals surface area (Å²) in [6, 6.07) is 10.6. The normalized spacial score (nSPS) is 16.2. The number of rotatable bonds is 6. The zero-order chi connectivity index (χ0) is 15.9. The van der Waals surface area contributed by atoms with Crippen molar-refractivity contribution in [1.29, 1.82) is 0 Å². The molecule has 0 unspecified atom stereocenters. The number of likely N-dealkylation sites (tertiary alicyclic amines) is 1. The van der Waals surface area contributed by atoms with Gasteiger partial charge in [0, 0.05) is 18.9 Å². The molecule has 1 aromatic heterocycles. The predicted molar refractivity (Wildman–Crippen MR) is 88.5 cm³/mol. The standard InChI is InChI=1S/C18H23N3O2/c1-22-17-5-3-15(4-6-17)13-21-11-7-16(8-12-21)14-23-18-19-9-2-10-20-18/h2-6,9-10,16H,7-8,11-14H2,1H3. The molecule has 1 aliphatic heterocycles. The van der Waals surface area contributed by atoms with E-state index in [1.807, 2.05) is 12.1 Å². The van der Waals surface area contributed by atoms with Gasteiger partial charge in [-0.3, -0.25) is 4.90 Å². The predicted octanol–water partition coefficient (Wildman–Crippen LogP) is 2.78. The van der Waals surface area contributed by atoms with E-state index < -0.39 is 0 Å². The average Bonchev–Trinajstić information content (AvgIpc) is 2.63. The lowest BCUT2D eigenvalue weighted by molar-refractivity contribution is 0.132. The first-order chi connectivity index (χ1) is 11.3. The molecule has 1 aromatic carbocycles. The number of nitrogens with zero attached hydrogens (tertiary/aromatic N) is 3. The summed E-state index contributed by atoms with van der Waals surface area (Å²) < 4.78 is 10.9. The smallest absolute Gasteiger partial charge is 0.316 e. The van der Waals surface area contributed by atoms with Crippen molar-refractivity contribution in [1.82, 2.24) is 14.9 Å². The van der Waals surface area contributed by atoms with Crippen LogP contribution in [0.1, 0.15) is 18.4 Å². The van der Waals surface area contributed by atoms with Gasteiger partial charge in [-0.1, -0.05) is 12.1 Å². The van der Waals surface area contributed by atoms with E-state index in [9.17, 15) is 0 Å². The van der Waals surface area contributed by atoms with Crippen LogP contribution in [0.4, 0.5) is 0 Å². The molecule has 122 valence electrons. The minimum absolute atomic E-state index is 0.480. The monoisotopic (exact) mass is 313 g/mol. The van der Waals surface area contributed by atoms with Crippen molar-refractivity contribution >= 4 is 0 Å². The third-order valence-corrected chi connectivity index (χ3v) is 4.26. The van der Waals surface area contributed by atoms with Gasteiger partial charge in [0.25, 0.3) is 0 Å². The van der Waals surface area contributed by atoms with Crippen LogP contribution in [-0.4, -0.2) is 41.7 Å². The Morgan fingerprint density at radius 1 is 1.09 bits per heavy atom. The van der Waals surface area contributed by atoms with Gasteiger partial charge in [0.1, 0.15) is 5.75 Å². The van der Waals surface area contributed by atoms with Gasteiger partial charge < -0.3 is 9.47 Å². The highest BCUT2D eigenvalue weighted by Crippen LogP contribution is 2.20. The average molecular weight is 313 g/mol. The van der Waals surface area contributed by atoms with E-state index in [-0.39, 0.29) is 0 Å². The van der Waals surface area contributed by atoms with Crippen molar-refractivity contribution in [2.45, 2.75) is 19.4 Å². The van der Waals surface area contributed by atoms with E-state index >= 15 is 0 Å². The number of aromatic nitrogens is 2. The molecule has 0 radical (unpaired) electrons. The molecule has 3 rings (SSSR count). The fourth-order valence-electron chi connectivity index (χ4n) is 2.85. The van der Waals surface area contributed by atoms with Crippen molar-refractivity contribution in [3.63, 3.8) is 0 Å². The van der Waals surface area contributed by atoms with Crippen LogP contribution in [0.15, 0.2) is 42.7 Å². The van der Waals surface area contributed by atoms with E-state index in [0.717, 1.165) is 38.2 Å². The van der Waals surface area contributed by atoms with Crippen molar-refractivity contribution in [2.75, 3.05) is 26.8 Å². The molecule has 5 heteroatoms. The zero-order valence-electron chi connectivity index (χ0n) is 13.5. The molecule has 0 aliphatic carbocycles. The Hall–Kier alpha value is -2.14. The Morgan fingerprint density at radius 2 is 1.78 bits per heavy atom. The largest absolute Gasteiger partial charge is 0.497 e. The molecule has 0 amide bonds. The zero-order valence-corrected chi connectivity index (χ0v) is 13.5. The third-order valence-electron chi connectivity index (χ3n) is 4.26. The maximum Gasteiger partial charge on any atom is 0.316 e. The van der Waals surface area contributed by atoms with Crippen molar-refractivity contribution in [3.8, 4) is 11.8 Å². The van der Waals surface area contributed by atoms with Gasteiger partial charge in [-0.25, -0.2) is 9.97 Å². The molecule has 2 aromatic rings. The first-order valence-electron chi connectivity index (χ1n) is 8.08. The number of hydrogen-bond donors (Lipinski definition) is 0. The fourth-order valence-corrected chi connectivity index (χ4v) is 2.85. The van der Waals surface area contributed by atoms with E-state index in [1.165, 1.54) is 5.56 Å². The molecule has 5 nitrogen and oxygen atoms in total. The van der Waals surface area contributed by atoms with Crippen molar-refractivity contribution in [2.24, 2.45) is 5.92 Å². The maximum atomic E-state index is 5.67. The van der Waals surface area contributed by atoms with E-state index in [4.69, 9.17) is 9.47 Å². The minimum atomic E-state index is 0.480. The molecule has 1 aliphatic rings. The third kappa shape index (κ3) is 4.66. The molecular weight excluding hydrogens is 290 g/mol. The summed E-state index contributed by atoms with van der Waals surface area (Å²) in [5, 5.41) is 0. The van der Waals surface area contributed by atoms with Crippen molar-refractivity contribution < 1.29 is 9.47 Å². The Balaban J connectivity index is 1.41. The molecule has 0 spiro atoms. The quantitative estimate of drug-likeness (QED) is 0.820. The molecule has 0 atom stereocenters. The number of benzene rings is 1. The lowest BCUT2D eigenvalue weighted by Crippen LogP contribution is -2.35. The Morgan fingerprint density at radius 3 is 2.43 bits per heavy atom. The van der Waals surface area contributed by atoms with E-state index in [2.05, 4.69) is 27.0 Å². The minimum Gasteiger partial charge on any atom is -0.497 e. The van der Waals surface area contributed by atoms with Gasteiger partial charge in [0.05, 0.1) is 13.7 Å². The first kappa shape index (κ1) is 15.7. The topological polar surface area (TPSA) is 47.5 Å². The SMILES string of the molecule is COc1ccc(CN2CCC(COc3ncccn3)CC2)cc1. The van der Waals surface area contributed by atoms with Gasteiger partial charge in [0.2, 0.25) is 0 Å². The molecule has 2 heterocycles. The Kier molecular flexibility index (Phi) is 5.42. The number of methoxy groups -OCH3 is 1. The summed E-state index contributed by atoms with van der Waals surface area (Å²) in [7, 11) is 1.70. The lowest BCUT2D eigenvalue weighted by atomic mass is 9.97. The second kappa shape index (κ2) is 7.92. The summed E-state index contributed by atoms with van der Waals surface area (Å²) in [4.78, 5) is 10.7. The fraction of sp³-hybridized carbons (Fsp3) is 0.444. The number of hydrogen-bond acceptors (Lipinski definition) is 5. The highest BCUT2D eigenvalue weighted by Gasteiger charge is 2.20. The van der Waals surface area contributed by atoms with Crippen LogP contribution in [-0.2, 0) is 6.54 Å². The van der Waals surface area contributed by atoms with Gasteiger partial charge >= 0.3 is 6.01 Å². The molecule has 0 bridgehead atoms. The van der Waals surface area contributed by atoms with E-state index in [1.54, 1.807) is 25.6 Å².